The van der Waals surface area contributed by atoms with Gasteiger partial charge in [0, 0.05) is 48.0 Å². The van der Waals surface area contributed by atoms with Gasteiger partial charge in [-0.1, -0.05) is 25.1 Å². The molecule has 254 valence electrons. The van der Waals surface area contributed by atoms with E-state index in [4.69, 9.17) is 9.47 Å². The van der Waals surface area contributed by atoms with Crippen molar-refractivity contribution in [3.05, 3.63) is 54.1 Å². The molecule has 47 heavy (non-hydrogen) atoms. The number of nitrogens with zero attached hydrogens (tertiary/aromatic N) is 3. The number of carbonyl (C=O) groups is 3. The molecule has 0 aromatic heterocycles. The molecule has 0 aliphatic carbocycles. The molecular weight excluding hydrogens is 616 g/mol. The van der Waals surface area contributed by atoms with Gasteiger partial charge in [-0.25, -0.2) is 0 Å². The van der Waals surface area contributed by atoms with E-state index in [0.29, 0.717) is 62.3 Å². The lowest BCUT2D eigenvalue weighted by atomic mass is 9.82. The Morgan fingerprint density at radius 3 is 2.45 bits per heavy atom. The molecule has 6 rings (SSSR count). The highest BCUT2D eigenvalue weighted by atomic mass is 28.4. The fraction of sp³-hybridized carbons (Fsp3) is 0.571. The minimum absolute atomic E-state index is 0.0427. The molecular formula is C35H48N4O7Si. The van der Waals surface area contributed by atoms with E-state index in [1.165, 1.54) is 7.11 Å². The monoisotopic (exact) mass is 664 g/mol. The second-order valence-corrected chi connectivity index (χ2v) is 18.0. The van der Waals surface area contributed by atoms with E-state index in [2.05, 4.69) is 10.2 Å². The molecule has 2 amide bonds. The molecule has 11 nitrogen and oxygen atoms in total. The molecule has 3 fully saturated rings. The zero-order valence-electron chi connectivity index (χ0n) is 27.9. The lowest BCUT2D eigenvalue weighted by Crippen LogP contribution is -2.55. The molecule has 0 bridgehead atoms. The maximum Gasteiger partial charge on any atom is 0.305 e. The Kier molecular flexibility index (Phi) is 9.27. The van der Waals surface area contributed by atoms with Gasteiger partial charge in [0.05, 0.1) is 25.6 Å². The number of amides is 2. The fourth-order valence-electron chi connectivity index (χ4n) is 8.66. The van der Waals surface area contributed by atoms with Crippen LogP contribution in [-0.2, 0) is 29.5 Å². The van der Waals surface area contributed by atoms with Crippen LogP contribution in [0.15, 0.2) is 48.5 Å². The Balaban J connectivity index is 1.41. The molecule has 3 N–H and O–H groups in total. The van der Waals surface area contributed by atoms with Gasteiger partial charge >= 0.3 is 5.97 Å². The van der Waals surface area contributed by atoms with E-state index < -0.39 is 25.6 Å². The number of fused-ring (bicyclic) bond motifs is 2. The molecule has 3 saturated heterocycles. The highest BCUT2D eigenvalue weighted by Crippen LogP contribution is 2.60. The number of hydrogen-bond donors (Lipinski definition) is 3. The Morgan fingerprint density at radius 1 is 1.06 bits per heavy atom. The van der Waals surface area contributed by atoms with Crippen molar-refractivity contribution in [1.29, 1.82) is 0 Å². The third kappa shape index (κ3) is 5.57. The minimum atomic E-state index is -2.86. The zero-order chi connectivity index (χ0) is 33.6. The number of hydrogen-bond acceptors (Lipinski definition) is 9. The summed E-state index contributed by atoms with van der Waals surface area (Å²) in [5.74, 6) is -0.824. The first-order valence-electron chi connectivity index (χ1n) is 16.9. The molecule has 4 heterocycles. The number of ether oxygens (including phenoxy) is 2. The second kappa shape index (κ2) is 13.0. The normalized spacial score (nSPS) is 26.9. The van der Waals surface area contributed by atoms with Crippen molar-refractivity contribution in [2.45, 2.75) is 81.3 Å². The number of methoxy groups -OCH3 is 1. The number of aliphatic hydroxyl groups excluding tert-OH is 1. The van der Waals surface area contributed by atoms with Crippen molar-refractivity contribution in [2.75, 3.05) is 54.7 Å². The first-order valence-corrected chi connectivity index (χ1v) is 19.9. The van der Waals surface area contributed by atoms with Crippen LogP contribution in [0.5, 0.6) is 0 Å². The van der Waals surface area contributed by atoms with E-state index in [9.17, 15) is 24.3 Å². The third-order valence-corrected chi connectivity index (χ3v) is 13.4. The number of benzene rings is 2. The highest BCUT2D eigenvalue weighted by molar-refractivity contribution is 6.71. The number of anilines is 3. The maximum absolute atomic E-state index is 14.7. The third-order valence-electron chi connectivity index (χ3n) is 10.9. The smallest absolute Gasteiger partial charge is 0.305 e. The first-order chi connectivity index (χ1) is 22.5. The summed E-state index contributed by atoms with van der Waals surface area (Å²) in [6.07, 6.45) is 2.59. The SMILES string of the molecule is COC(=O)CCCCN1C(=O)[C@]2(O[C@H](CCO)[C@@H]([Si](C)(C)O)[C@@H]2C)c2cc(N3CN(c4ccccc4)C4(CCNCC4)C3=O)ccc21. The van der Waals surface area contributed by atoms with E-state index in [1.807, 2.05) is 73.4 Å². The zero-order valence-corrected chi connectivity index (χ0v) is 28.9. The van der Waals surface area contributed by atoms with Crippen molar-refractivity contribution in [3.8, 4) is 0 Å². The number of nitrogens with one attached hydrogen (secondary N) is 1. The van der Waals surface area contributed by atoms with Gasteiger partial charge in [0.2, 0.25) is 0 Å². The van der Waals surface area contributed by atoms with E-state index in [0.717, 1.165) is 18.8 Å². The molecule has 0 saturated carbocycles. The van der Waals surface area contributed by atoms with Gasteiger partial charge in [0.15, 0.2) is 13.9 Å². The van der Waals surface area contributed by atoms with E-state index in [1.54, 1.807) is 4.90 Å². The number of para-hydroxylation sites is 1. The van der Waals surface area contributed by atoms with Crippen LogP contribution in [0.4, 0.5) is 17.1 Å². The van der Waals surface area contributed by atoms with Crippen molar-refractivity contribution >= 4 is 43.2 Å². The van der Waals surface area contributed by atoms with Crippen LogP contribution in [0.25, 0.3) is 0 Å². The predicted molar refractivity (Wildman–Crippen MR) is 182 cm³/mol. The summed E-state index contributed by atoms with van der Waals surface area (Å²) in [5, 5.41) is 13.4. The van der Waals surface area contributed by atoms with Gasteiger partial charge in [0.25, 0.3) is 11.8 Å². The Bertz CT molecular complexity index is 1490. The fourth-order valence-corrected chi connectivity index (χ4v) is 11.3. The number of aliphatic hydroxyl groups is 1. The molecule has 12 heteroatoms. The number of esters is 1. The van der Waals surface area contributed by atoms with Crippen LogP contribution in [-0.4, -0.2) is 87.7 Å². The summed E-state index contributed by atoms with van der Waals surface area (Å²) in [6.45, 7) is 7.83. The standard InChI is InChI=1S/C35H48N4O7Si/c1-24-31(47(3,4)44)29(15-21-40)46-35(24)27-22-26(13-14-28(27)37(33(35)43)20-9-8-12-30(41)45-2)38-23-39(25-10-6-5-7-11-25)34(32(38)42)16-18-36-19-17-34/h5-7,10-11,13-14,22,24,29,31,36,40,44H,8-9,12,15-21,23H2,1-4H3/t24-,29+,31-,35+/m0/s1. The summed E-state index contributed by atoms with van der Waals surface area (Å²) in [7, 11) is -1.49. The number of rotatable bonds is 10. The van der Waals surface area contributed by atoms with Crippen LogP contribution >= 0.6 is 0 Å². The number of piperidine rings is 1. The van der Waals surface area contributed by atoms with E-state index in [-0.39, 0.29) is 42.3 Å². The summed E-state index contributed by atoms with van der Waals surface area (Å²) >= 11 is 0. The summed E-state index contributed by atoms with van der Waals surface area (Å²) in [5.41, 5.74) is 0.749. The lowest BCUT2D eigenvalue weighted by molar-refractivity contribution is -0.146. The number of unbranched alkanes of at least 4 members (excludes halogenated alkanes) is 1. The van der Waals surface area contributed by atoms with Crippen LogP contribution in [0.2, 0.25) is 18.6 Å². The molecule has 4 aliphatic heterocycles. The van der Waals surface area contributed by atoms with Crippen molar-refractivity contribution in [1.82, 2.24) is 5.32 Å². The summed E-state index contributed by atoms with van der Waals surface area (Å²) < 4.78 is 11.6. The van der Waals surface area contributed by atoms with Gasteiger partial charge in [0.1, 0.15) is 5.54 Å². The average Bonchev–Trinajstić information content (AvgIpc) is 3.60. The maximum atomic E-state index is 14.7. The molecule has 0 radical (unpaired) electrons. The van der Waals surface area contributed by atoms with Gasteiger partial charge in [-0.3, -0.25) is 19.3 Å². The van der Waals surface area contributed by atoms with Crippen molar-refractivity contribution in [3.63, 3.8) is 0 Å². The van der Waals surface area contributed by atoms with E-state index >= 15 is 0 Å². The molecule has 2 aromatic rings. The van der Waals surface area contributed by atoms with Crippen LogP contribution in [0.1, 0.15) is 51.0 Å². The number of carbonyl (C=O) groups excluding carboxylic acids is 3. The van der Waals surface area contributed by atoms with Gasteiger partial charge in [-0.05, 0) is 88.6 Å². The van der Waals surface area contributed by atoms with Gasteiger partial charge in [-0.15, -0.1) is 0 Å². The Morgan fingerprint density at radius 2 is 1.79 bits per heavy atom. The van der Waals surface area contributed by atoms with Crippen molar-refractivity contribution in [2.24, 2.45) is 5.92 Å². The van der Waals surface area contributed by atoms with Gasteiger partial charge in [-0.2, -0.15) is 0 Å². The molecule has 2 spiro atoms. The largest absolute Gasteiger partial charge is 0.469 e. The average molecular weight is 665 g/mol. The summed E-state index contributed by atoms with van der Waals surface area (Å²) in [4.78, 5) is 58.2. The topological polar surface area (TPSA) is 132 Å². The Labute approximate surface area is 277 Å². The van der Waals surface area contributed by atoms with Crippen LogP contribution < -0.4 is 20.0 Å². The highest BCUT2D eigenvalue weighted by Gasteiger charge is 2.66. The van der Waals surface area contributed by atoms with Crippen molar-refractivity contribution < 1.29 is 33.8 Å². The van der Waals surface area contributed by atoms with Crippen LogP contribution in [0.3, 0.4) is 0 Å². The molecule has 4 atom stereocenters. The predicted octanol–water partition coefficient (Wildman–Crippen LogP) is 3.49. The minimum Gasteiger partial charge on any atom is -0.469 e. The van der Waals surface area contributed by atoms with Gasteiger partial charge < -0.3 is 34.5 Å². The lowest BCUT2D eigenvalue weighted by Gasteiger charge is -2.39. The Hall–Kier alpha value is -3.29. The van der Waals surface area contributed by atoms with Crippen LogP contribution in [0, 0.1) is 5.92 Å². The second-order valence-electron chi connectivity index (χ2n) is 14.0. The quantitative estimate of drug-likeness (QED) is 0.199. The molecule has 0 unspecified atom stereocenters. The first kappa shape index (κ1) is 33.6. The summed E-state index contributed by atoms with van der Waals surface area (Å²) in [6, 6.07) is 15.8. The molecule has 4 aliphatic rings. The molecule has 2 aromatic carbocycles.